The Hall–Kier alpha value is -1.91. The van der Waals surface area contributed by atoms with Gasteiger partial charge >= 0.3 is 6.03 Å². The maximum Gasteiger partial charge on any atom is 0.321 e. The lowest BCUT2D eigenvalue weighted by Crippen LogP contribution is -2.35. The molecule has 0 atom stereocenters. The second kappa shape index (κ2) is 6.70. The van der Waals surface area contributed by atoms with Gasteiger partial charge < -0.3 is 19.7 Å². The van der Waals surface area contributed by atoms with Gasteiger partial charge in [0.05, 0.1) is 13.2 Å². The maximum absolute atomic E-state index is 12.3. The van der Waals surface area contributed by atoms with Crippen molar-refractivity contribution in [3.8, 4) is 11.5 Å². The van der Waals surface area contributed by atoms with Crippen LogP contribution in [0.25, 0.3) is 0 Å². The van der Waals surface area contributed by atoms with Gasteiger partial charge in [0.2, 0.25) is 0 Å². The Kier molecular flexibility index (Phi) is 4.48. The van der Waals surface area contributed by atoms with Crippen molar-refractivity contribution in [3.63, 3.8) is 0 Å². The molecule has 1 aromatic carbocycles. The van der Waals surface area contributed by atoms with E-state index in [1.54, 1.807) is 0 Å². The summed E-state index contributed by atoms with van der Waals surface area (Å²) in [5, 5.41) is 2.96. The quantitative estimate of drug-likeness (QED) is 0.863. The van der Waals surface area contributed by atoms with E-state index in [0.29, 0.717) is 19.0 Å². The smallest absolute Gasteiger partial charge is 0.321 e. The summed E-state index contributed by atoms with van der Waals surface area (Å²) < 4.78 is 11.2. The summed E-state index contributed by atoms with van der Waals surface area (Å²) in [4.78, 5) is 14.2. The standard InChI is InChI=1S/C16H22N2O3/c19-16(18-8-3-1-2-4-9-18)17-13-6-7-14-15(12-13)21-11-5-10-20-14/h6-7,12H,1-5,8-11H2,(H,17,19). The molecular weight excluding hydrogens is 268 g/mol. The summed E-state index contributed by atoms with van der Waals surface area (Å²) in [6, 6.07) is 5.55. The molecule has 0 unspecified atom stereocenters. The van der Waals surface area contributed by atoms with Crippen LogP contribution in [0, 0.1) is 0 Å². The van der Waals surface area contributed by atoms with E-state index in [-0.39, 0.29) is 6.03 Å². The third-order valence-electron chi connectivity index (χ3n) is 3.89. The number of carbonyl (C=O) groups is 1. The maximum atomic E-state index is 12.3. The summed E-state index contributed by atoms with van der Waals surface area (Å²) in [7, 11) is 0. The molecule has 0 radical (unpaired) electrons. The predicted molar refractivity (Wildman–Crippen MR) is 81.1 cm³/mol. The van der Waals surface area contributed by atoms with Crippen LogP contribution in [0.4, 0.5) is 10.5 Å². The lowest BCUT2D eigenvalue weighted by Gasteiger charge is -2.21. The van der Waals surface area contributed by atoms with Gasteiger partial charge in [-0.25, -0.2) is 4.79 Å². The Bertz CT molecular complexity index is 496. The highest BCUT2D eigenvalue weighted by Gasteiger charge is 2.17. The molecule has 2 heterocycles. The van der Waals surface area contributed by atoms with E-state index in [1.165, 1.54) is 12.8 Å². The van der Waals surface area contributed by atoms with Gasteiger partial charge in [-0.15, -0.1) is 0 Å². The lowest BCUT2D eigenvalue weighted by molar-refractivity contribution is 0.214. The van der Waals surface area contributed by atoms with Crippen molar-refractivity contribution in [1.82, 2.24) is 4.90 Å². The van der Waals surface area contributed by atoms with Crippen LogP contribution in [0.3, 0.4) is 0 Å². The highest BCUT2D eigenvalue weighted by molar-refractivity contribution is 5.89. The van der Waals surface area contributed by atoms with Crippen molar-refractivity contribution in [2.45, 2.75) is 32.1 Å². The Morgan fingerprint density at radius 3 is 2.43 bits per heavy atom. The normalized spacial score (nSPS) is 18.6. The highest BCUT2D eigenvalue weighted by Crippen LogP contribution is 2.32. The second-order valence-electron chi connectivity index (χ2n) is 5.54. The molecule has 0 aliphatic carbocycles. The minimum absolute atomic E-state index is 0.0219. The fraction of sp³-hybridized carbons (Fsp3) is 0.562. The molecule has 2 aliphatic rings. The monoisotopic (exact) mass is 290 g/mol. The number of nitrogens with one attached hydrogen (secondary N) is 1. The Balaban J connectivity index is 1.66. The first-order valence-electron chi connectivity index (χ1n) is 7.78. The predicted octanol–water partition coefficient (Wildman–Crippen LogP) is 3.26. The Morgan fingerprint density at radius 2 is 1.67 bits per heavy atom. The van der Waals surface area contributed by atoms with Crippen molar-refractivity contribution < 1.29 is 14.3 Å². The number of fused-ring (bicyclic) bond motifs is 1. The average molecular weight is 290 g/mol. The van der Waals surface area contributed by atoms with Gasteiger partial charge in [-0.3, -0.25) is 0 Å². The van der Waals surface area contributed by atoms with E-state index in [0.717, 1.165) is 43.8 Å². The number of urea groups is 1. The van der Waals surface area contributed by atoms with Crippen molar-refractivity contribution in [1.29, 1.82) is 0 Å². The highest BCUT2D eigenvalue weighted by atomic mass is 16.5. The number of amides is 2. The van der Waals surface area contributed by atoms with Crippen molar-refractivity contribution in [2.24, 2.45) is 0 Å². The van der Waals surface area contributed by atoms with Gasteiger partial charge in [0.15, 0.2) is 11.5 Å². The SMILES string of the molecule is O=C(Nc1ccc2c(c1)OCCCO2)N1CCCCCC1. The Labute approximate surface area is 125 Å². The van der Waals surface area contributed by atoms with E-state index in [1.807, 2.05) is 23.1 Å². The minimum atomic E-state index is -0.0219. The third-order valence-corrected chi connectivity index (χ3v) is 3.89. The van der Waals surface area contributed by atoms with Crippen LogP contribution in [-0.2, 0) is 0 Å². The number of anilines is 1. The second-order valence-corrected chi connectivity index (χ2v) is 5.54. The van der Waals surface area contributed by atoms with Crippen LogP contribution in [-0.4, -0.2) is 37.2 Å². The zero-order valence-electron chi connectivity index (χ0n) is 12.3. The first-order chi connectivity index (χ1) is 10.3. The van der Waals surface area contributed by atoms with Gasteiger partial charge in [0, 0.05) is 31.3 Å². The van der Waals surface area contributed by atoms with Crippen molar-refractivity contribution >= 4 is 11.7 Å². The first kappa shape index (κ1) is 14.0. The molecule has 2 aliphatic heterocycles. The van der Waals surface area contributed by atoms with E-state index in [2.05, 4.69) is 5.32 Å². The number of benzene rings is 1. The average Bonchev–Trinajstić information content (AvgIpc) is 2.89. The number of likely N-dealkylation sites (tertiary alicyclic amines) is 1. The molecule has 0 saturated carbocycles. The van der Waals surface area contributed by atoms with Gasteiger partial charge in [-0.05, 0) is 25.0 Å². The molecule has 1 N–H and O–H groups in total. The zero-order chi connectivity index (χ0) is 14.5. The molecule has 0 bridgehead atoms. The molecule has 1 aromatic rings. The van der Waals surface area contributed by atoms with E-state index < -0.39 is 0 Å². The number of hydrogen-bond acceptors (Lipinski definition) is 3. The van der Waals surface area contributed by atoms with Crippen molar-refractivity contribution in [3.05, 3.63) is 18.2 Å². The molecule has 2 amide bonds. The van der Waals surface area contributed by atoms with E-state index in [9.17, 15) is 4.79 Å². The fourth-order valence-corrected chi connectivity index (χ4v) is 2.72. The molecule has 114 valence electrons. The van der Waals surface area contributed by atoms with Gasteiger partial charge in [0.25, 0.3) is 0 Å². The third kappa shape index (κ3) is 3.60. The summed E-state index contributed by atoms with van der Waals surface area (Å²) in [6.07, 6.45) is 5.49. The van der Waals surface area contributed by atoms with Crippen LogP contribution in [0.2, 0.25) is 0 Å². The van der Waals surface area contributed by atoms with Crippen LogP contribution >= 0.6 is 0 Å². The van der Waals surface area contributed by atoms with Crippen molar-refractivity contribution in [2.75, 3.05) is 31.6 Å². The van der Waals surface area contributed by atoms with Gasteiger partial charge in [0.1, 0.15) is 0 Å². The van der Waals surface area contributed by atoms with Crippen LogP contribution in [0.1, 0.15) is 32.1 Å². The summed E-state index contributed by atoms with van der Waals surface area (Å²) in [5.41, 5.74) is 0.758. The van der Waals surface area contributed by atoms with Gasteiger partial charge in [-0.1, -0.05) is 12.8 Å². The molecule has 3 rings (SSSR count). The molecule has 5 heteroatoms. The van der Waals surface area contributed by atoms with Crippen LogP contribution in [0.5, 0.6) is 11.5 Å². The number of carbonyl (C=O) groups excluding carboxylic acids is 1. The van der Waals surface area contributed by atoms with Crippen LogP contribution in [0.15, 0.2) is 18.2 Å². The van der Waals surface area contributed by atoms with E-state index >= 15 is 0 Å². The lowest BCUT2D eigenvalue weighted by atomic mass is 10.2. The number of ether oxygens (including phenoxy) is 2. The largest absolute Gasteiger partial charge is 0.490 e. The molecule has 1 saturated heterocycles. The molecule has 0 spiro atoms. The molecule has 1 fully saturated rings. The molecule has 21 heavy (non-hydrogen) atoms. The summed E-state index contributed by atoms with van der Waals surface area (Å²) >= 11 is 0. The first-order valence-corrected chi connectivity index (χ1v) is 7.78. The van der Waals surface area contributed by atoms with Crippen LogP contribution < -0.4 is 14.8 Å². The molecular formula is C16H22N2O3. The Morgan fingerprint density at radius 1 is 0.952 bits per heavy atom. The number of hydrogen-bond donors (Lipinski definition) is 1. The van der Waals surface area contributed by atoms with Gasteiger partial charge in [-0.2, -0.15) is 0 Å². The zero-order valence-corrected chi connectivity index (χ0v) is 12.3. The molecule has 5 nitrogen and oxygen atoms in total. The number of rotatable bonds is 1. The topological polar surface area (TPSA) is 50.8 Å². The minimum Gasteiger partial charge on any atom is -0.490 e. The fourth-order valence-electron chi connectivity index (χ4n) is 2.72. The molecule has 0 aromatic heterocycles. The summed E-state index contributed by atoms with van der Waals surface area (Å²) in [6.45, 7) is 3.01. The van der Waals surface area contributed by atoms with E-state index in [4.69, 9.17) is 9.47 Å². The number of nitrogens with zero attached hydrogens (tertiary/aromatic N) is 1. The summed E-state index contributed by atoms with van der Waals surface area (Å²) in [5.74, 6) is 1.46.